The summed E-state index contributed by atoms with van der Waals surface area (Å²) in [6.45, 7) is 5.46. The van der Waals surface area contributed by atoms with E-state index in [1.54, 1.807) is 0 Å². The Bertz CT molecular complexity index is 86.9. The fraction of sp³-hybridized carbons (Fsp3) is 1.00. The standard InChI is InChI=1S/C7H14OS/c1-3-4-7(2)5-8-6-9-7/h3-6H2,1-2H3. The molecule has 1 aliphatic rings. The third-order valence-electron chi connectivity index (χ3n) is 1.68. The second kappa shape index (κ2) is 2.93. The first-order valence-electron chi connectivity index (χ1n) is 3.48. The average Bonchev–Trinajstić information content (AvgIpc) is 2.16. The normalized spacial score (nSPS) is 35.3. The van der Waals surface area contributed by atoms with Gasteiger partial charge in [0.2, 0.25) is 0 Å². The highest BCUT2D eigenvalue weighted by atomic mass is 32.2. The number of ether oxygens (including phenoxy) is 1. The van der Waals surface area contributed by atoms with E-state index in [1.807, 2.05) is 11.8 Å². The van der Waals surface area contributed by atoms with Gasteiger partial charge in [0.15, 0.2) is 0 Å². The molecule has 1 unspecified atom stereocenters. The minimum atomic E-state index is 0.439. The molecule has 0 aromatic rings. The maximum atomic E-state index is 5.28. The van der Waals surface area contributed by atoms with E-state index in [0.717, 1.165) is 12.5 Å². The molecule has 1 rings (SSSR count). The van der Waals surface area contributed by atoms with Crippen LogP contribution < -0.4 is 0 Å². The maximum absolute atomic E-state index is 5.28. The molecule has 2 heteroatoms. The summed E-state index contributed by atoms with van der Waals surface area (Å²) in [6.07, 6.45) is 2.56. The Kier molecular flexibility index (Phi) is 2.42. The molecule has 0 radical (unpaired) electrons. The molecule has 9 heavy (non-hydrogen) atoms. The van der Waals surface area contributed by atoms with E-state index < -0.39 is 0 Å². The van der Waals surface area contributed by atoms with Crippen molar-refractivity contribution in [3.63, 3.8) is 0 Å². The van der Waals surface area contributed by atoms with Crippen molar-refractivity contribution >= 4 is 11.8 Å². The van der Waals surface area contributed by atoms with E-state index in [9.17, 15) is 0 Å². The van der Waals surface area contributed by atoms with Gasteiger partial charge >= 0.3 is 0 Å². The lowest BCUT2D eigenvalue weighted by Crippen LogP contribution is -2.19. The molecule has 0 aromatic carbocycles. The molecule has 54 valence electrons. The van der Waals surface area contributed by atoms with Crippen molar-refractivity contribution in [1.82, 2.24) is 0 Å². The highest BCUT2D eigenvalue weighted by molar-refractivity contribution is 8.00. The maximum Gasteiger partial charge on any atom is 0.0927 e. The van der Waals surface area contributed by atoms with Crippen LogP contribution in [0.4, 0.5) is 0 Å². The monoisotopic (exact) mass is 146 g/mol. The zero-order valence-electron chi connectivity index (χ0n) is 6.14. The topological polar surface area (TPSA) is 9.23 Å². The lowest BCUT2D eigenvalue weighted by molar-refractivity contribution is 0.180. The zero-order valence-corrected chi connectivity index (χ0v) is 6.96. The van der Waals surface area contributed by atoms with Gasteiger partial charge < -0.3 is 4.74 Å². The van der Waals surface area contributed by atoms with E-state index in [-0.39, 0.29) is 0 Å². The Morgan fingerprint density at radius 2 is 2.44 bits per heavy atom. The summed E-state index contributed by atoms with van der Waals surface area (Å²) < 4.78 is 5.71. The van der Waals surface area contributed by atoms with Crippen LogP contribution in [0.2, 0.25) is 0 Å². The number of hydrogen-bond donors (Lipinski definition) is 0. The third kappa shape index (κ3) is 1.87. The van der Waals surface area contributed by atoms with Gasteiger partial charge in [0, 0.05) is 4.75 Å². The summed E-state index contributed by atoms with van der Waals surface area (Å²) in [6, 6.07) is 0. The summed E-state index contributed by atoms with van der Waals surface area (Å²) in [4.78, 5) is 0. The van der Waals surface area contributed by atoms with Gasteiger partial charge in [-0.25, -0.2) is 0 Å². The lowest BCUT2D eigenvalue weighted by Gasteiger charge is -2.18. The molecule has 0 aromatic heterocycles. The van der Waals surface area contributed by atoms with Crippen LogP contribution in [0.1, 0.15) is 26.7 Å². The van der Waals surface area contributed by atoms with Crippen molar-refractivity contribution in [1.29, 1.82) is 0 Å². The van der Waals surface area contributed by atoms with Gasteiger partial charge in [-0.05, 0) is 13.3 Å². The largest absolute Gasteiger partial charge is 0.369 e. The smallest absolute Gasteiger partial charge is 0.0927 e. The summed E-state index contributed by atoms with van der Waals surface area (Å²) in [5.74, 6) is 0.899. The number of thioether (sulfide) groups is 1. The fourth-order valence-corrected chi connectivity index (χ4v) is 2.12. The van der Waals surface area contributed by atoms with Crippen LogP contribution in [0.3, 0.4) is 0 Å². The van der Waals surface area contributed by atoms with Crippen molar-refractivity contribution in [2.75, 3.05) is 12.5 Å². The molecule has 0 aliphatic carbocycles. The van der Waals surface area contributed by atoms with Crippen LogP contribution in [0.15, 0.2) is 0 Å². The molecule has 0 amide bonds. The van der Waals surface area contributed by atoms with Crippen molar-refractivity contribution in [3.8, 4) is 0 Å². The first-order chi connectivity index (χ1) is 4.27. The van der Waals surface area contributed by atoms with Gasteiger partial charge in [-0.15, -0.1) is 11.8 Å². The Morgan fingerprint density at radius 1 is 1.67 bits per heavy atom. The Hall–Kier alpha value is 0.310. The number of hydrogen-bond acceptors (Lipinski definition) is 2. The van der Waals surface area contributed by atoms with Crippen LogP contribution in [0.5, 0.6) is 0 Å². The predicted molar refractivity (Wildman–Crippen MR) is 41.7 cm³/mol. The Labute approximate surface area is 61.2 Å². The van der Waals surface area contributed by atoms with Crippen LogP contribution in [-0.4, -0.2) is 17.3 Å². The van der Waals surface area contributed by atoms with Crippen LogP contribution in [-0.2, 0) is 4.74 Å². The molecule has 1 saturated heterocycles. The molecule has 1 nitrogen and oxygen atoms in total. The van der Waals surface area contributed by atoms with E-state index in [0.29, 0.717) is 4.75 Å². The fourth-order valence-electron chi connectivity index (χ4n) is 1.16. The first-order valence-corrected chi connectivity index (χ1v) is 4.47. The van der Waals surface area contributed by atoms with E-state index in [2.05, 4.69) is 13.8 Å². The molecule has 0 saturated carbocycles. The van der Waals surface area contributed by atoms with Crippen LogP contribution >= 0.6 is 11.8 Å². The minimum Gasteiger partial charge on any atom is -0.369 e. The van der Waals surface area contributed by atoms with Gasteiger partial charge in [0.25, 0.3) is 0 Å². The lowest BCUT2D eigenvalue weighted by atomic mass is 10.1. The average molecular weight is 146 g/mol. The van der Waals surface area contributed by atoms with Crippen molar-refractivity contribution in [2.24, 2.45) is 0 Å². The van der Waals surface area contributed by atoms with Gasteiger partial charge in [0.05, 0.1) is 12.5 Å². The number of rotatable bonds is 2. The summed E-state index contributed by atoms with van der Waals surface area (Å²) >= 11 is 1.95. The molecule has 0 bridgehead atoms. The second-order valence-electron chi connectivity index (χ2n) is 2.81. The highest BCUT2D eigenvalue weighted by Gasteiger charge is 2.28. The summed E-state index contributed by atoms with van der Waals surface area (Å²) in [7, 11) is 0. The van der Waals surface area contributed by atoms with Crippen molar-refractivity contribution in [3.05, 3.63) is 0 Å². The van der Waals surface area contributed by atoms with E-state index in [1.165, 1.54) is 12.8 Å². The van der Waals surface area contributed by atoms with Gasteiger partial charge in [-0.3, -0.25) is 0 Å². The van der Waals surface area contributed by atoms with Gasteiger partial charge in [-0.2, -0.15) is 0 Å². The second-order valence-corrected chi connectivity index (χ2v) is 4.32. The molecule has 0 N–H and O–H groups in total. The highest BCUT2D eigenvalue weighted by Crippen LogP contribution is 2.35. The molecule has 0 spiro atoms. The molecule has 1 heterocycles. The van der Waals surface area contributed by atoms with Gasteiger partial charge in [0.1, 0.15) is 0 Å². The zero-order chi connectivity index (χ0) is 6.74. The molecule has 1 aliphatic heterocycles. The van der Waals surface area contributed by atoms with Crippen molar-refractivity contribution < 1.29 is 4.74 Å². The Balaban J connectivity index is 2.32. The van der Waals surface area contributed by atoms with Crippen LogP contribution in [0.25, 0.3) is 0 Å². The molecular formula is C7H14OS. The SMILES string of the molecule is CCCC1(C)COCS1. The summed E-state index contributed by atoms with van der Waals surface area (Å²) in [5.41, 5.74) is 0. The van der Waals surface area contributed by atoms with E-state index >= 15 is 0 Å². The molecule has 1 atom stereocenters. The molecule has 1 fully saturated rings. The third-order valence-corrected chi connectivity index (χ3v) is 2.98. The van der Waals surface area contributed by atoms with E-state index in [4.69, 9.17) is 4.74 Å². The summed E-state index contributed by atoms with van der Waals surface area (Å²) in [5, 5.41) is 0. The predicted octanol–water partition coefficient (Wildman–Crippen LogP) is 2.27. The molecular weight excluding hydrogens is 132 g/mol. The van der Waals surface area contributed by atoms with Crippen LogP contribution in [0, 0.1) is 0 Å². The Morgan fingerprint density at radius 3 is 2.89 bits per heavy atom. The minimum absolute atomic E-state index is 0.439. The quantitative estimate of drug-likeness (QED) is 0.591. The van der Waals surface area contributed by atoms with Gasteiger partial charge in [-0.1, -0.05) is 13.3 Å². The first kappa shape index (κ1) is 7.42. The van der Waals surface area contributed by atoms with Crippen molar-refractivity contribution in [2.45, 2.75) is 31.4 Å².